The minimum absolute atomic E-state index is 0.187. The molecule has 1 fully saturated rings. The van der Waals surface area contributed by atoms with Crippen LogP contribution in [0.3, 0.4) is 0 Å². The van der Waals surface area contributed by atoms with Crippen LogP contribution in [-0.4, -0.2) is 34.1 Å². The van der Waals surface area contributed by atoms with E-state index in [1.54, 1.807) is 19.2 Å². The Kier molecular flexibility index (Phi) is 4.03. The average Bonchev–Trinajstić information content (AvgIpc) is 2.87. The van der Waals surface area contributed by atoms with Crippen LogP contribution in [-0.2, 0) is 14.4 Å². The topological polar surface area (TPSA) is 69.7 Å². The Hall–Kier alpha value is -1.71. The van der Waals surface area contributed by atoms with E-state index >= 15 is 0 Å². The minimum atomic E-state index is -0.500. The van der Waals surface area contributed by atoms with Crippen molar-refractivity contribution in [2.75, 3.05) is 11.9 Å². The van der Waals surface area contributed by atoms with Crippen molar-refractivity contribution in [1.82, 2.24) is 10.4 Å². The number of amides is 3. The highest BCUT2D eigenvalue weighted by molar-refractivity contribution is 9.10. The maximum atomic E-state index is 12.6. The molecule has 2 aliphatic heterocycles. The first-order valence-electron chi connectivity index (χ1n) is 6.47. The fourth-order valence-corrected chi connectivity index (χ4v) is 4.00. The number of carbonyl (C=O) groups excluding carboxylic acids is 3. The summed E-state index contributed by atoms with van der Waals surface area (Å²) in [6.07, 6.45) is 0. The van der Waals surface area contributed by atoms with Gasteiger partial charge in [-0.3, -0.25) is 19.8 Å². The number of carbonyl (C=O) groups is 3. The second kappa shape index (κ2) is 5.73. The van der Waals surface area contributed by atoms with Crippen molar-refractivity contribution in [2.45, 2.75) is 6.92 Å². The van der Waals surface area contributed by atoms with Gasteiger partial charge >= 0.3 is 0 Å². The molecular weight excluding hydrogens is 402 g/mol. The first kappa shape index (κ1) is 16.2. The molecule has 6 nitrogen and oxygen atoms in total. The molecule has 0 bridgehead atoms. The highest BCUT2D eigenvalue weighted by Gasteiger charge is 2.41. The van der Waals surface area contributed by atoms with E-state index in [9.17, 15) is 14.4 Å². The van der Waals surface area contributed by atoms with Crippen molar-refractivity contribution in [3.8, 4) is 0 Å². The van der Waals surface area contributed by atoms with E-state index in [1.165, 1.54) is 11.8 Å². The van der Waals surface area contributed by atoms with E-state index in [2.05, 4.69) is 21.4 Å². The quantitative estimate of drug-likeness (QED) is 0.565. The summed E-state index contributed by atoms with van der Waals surface area (Å²) < 4.78 is 0.987. The zero-order valence-corrected chi connectivity index (χ0v) is 15.3. The Balaban J connectivity index is 2.14. The van der Waals surface area contributed by atoms with Gasteiger partial charge in [-0.25, -0.2) is 0 Å². The summed E-state index contributed by atoms with van der Waals surface area (Å²) in [6, 6.07) is 5.42. The fraction of sp³-hybridized carbons (Fsp3) is 0.143. The van der Waals surface area contributed by atoms with Crippen LogP contribution in [0.25, 0.3) is 5.57 Å². The molecular formula is C14H10BrN3O3S2. The zero-order valence-electron chi connectivity index (χ0n) is 12.0. The number of halogens is 1. The molecule has 1 aromatic rings. The SMILES string of the molecule is CC(=O)NN1C(=O)/C(=C2/C(=O)N(C)c3ccc(Br)cc32)SC1=S. The molecule has 1 N–H and O–H groups in total. The normalized spacial score (nSPS) is 20.4. The number of thioether (sulfide) groups is 1. The van der Waals surface area contributed by atoms with Gasteiger partial charge in [0.1, 0.15) is 0 Å². The van der Waals surface area contributed by atoms with Crippen LogP contribution in [0.4, 0.5) is 5.69 Å². The Labute approximate surface area is 150 Å². The molecule has 0 atom stereocenters. The monoisotopic (exact) mass is 411 g/mol. The van der Waals surface area contributed by atoms with Gasteiger partial charge in [-0.15, -0.1) is 0 Å². The van der Waals surface area contributed by atoms with Gasteiger partial charge in [0.15, 0.2) is 4.32 Å². The third kappa shape index (κ3) is 2.58. The van der Waals surface area contributed by atoms with Crippen LogP contribution in [0, 0.1) is 0 Å². The largest absolute Gasteiger partial charge is 0.311 e. The maximum absolute atomic E-state index is 12.6. The Bertz CT molecular complexity index is 821. The van der Waals surface area contributed by atoms with Gasteiger partial charge in [0.05, 0.1) is 16.2 Å². The molecule has 23 heavy (non-hydrogen) atoms. The highest BCUT2D eigenvalue weighted by atomic mass is 79.9. The van der Waals surface area contributed by atoms with Gasteiger partial charge in [-0.05, 0) is 30.4 Å². The van der Waals surface area contributed by atoms with Crippen molar-refractivity contribution in [3.63, 3.8) is 0 Å². The number of likely N-dealkylation sites (N-methyl/N-ethyl adjacent to an activating group) is 1. The van der Waals surface area contributed by atoms with Crippen molar-refractivity contribution in [3.05, 3.63) is 33.1 Å². The van der Waals surface area contributed by atoms with E-state index in [0.29, 0.717) is 11.1 Å². The van der Waals surface area contributed by atoms with E-state index < -0.39 is 11.8 Å². The number of thiocarbonyl (C=S) groups is 1. The Morgan fingerprint density at radius 3 is 2.65 bits per heavy atom. The molecule has 2 aliphatic rings. The van der Waals surface area contributed by atoms with Gasteiger partial charge in [0.25, 0.3) is 11.8 Å². The van der Waals surface area contributed by atoms with E-state index in [0.717, 1.165) is 26.9 Å². The molecule has 0 saturated carbocycles. The van der Waals surface area contributed by atoms with E-state index in [1.807, 2.05) is 6.07 Å². The molecule has 118 valence electrons. The summed E-state index contributed by atoms with van der Waals surface area (Å²) in [5.41, 5.74) is 4.05. The number of hydrazine groups is 1. The minimum Gasteiger partial charge on any atom is -0.311 e. The second-order valence-electron chi connectivity index (χ2n) is 4.91. The number of hydrogen-bond donors (Lipinski definition) is 1. The smallest absolute Gasteiger partial charge is 0.286 e. The summed E-state index contributed by atoms with van der Waals surface area (Å²) in [4.78, 5) is 38.0. The zero-order chi connectivity index (χ0) is 16.9. The number of fused-ring (bicyclic) bond motifs is 1. The molecule has 0 unspecified atom stereocenters. The molecule has 1 aromatic carbocycles. The molecule has 1 saturated heterocycles. The molecule has 3 rings (SSSR count). The molecule has 0 spiro atoms. The Morgan fingerprint density at radius 2 is 2.00 bits per heavy atom. The molecule has 2 heterocycles. The summed E-state index contributed by atoms with van der Waals surface area (Å²) in [7, 11) is 1.65. The second-order valence-corrected chi connectivity index (χ2v) is 7.47. The van der Waals surface area contributed by atoms with E-state index in [-0.39, 0.29) is 15.1 Å². The first-order chi connectivity index (χ1) is 10.8. The summed E-state index contributed by atoms with van der Waals surface area (Å²) in [5, 5.41) is 0.994. The van der Waals surface area contributed by atoms with Gasteiger partial charge in [-0.1, -0.05) is 27.7 Å². The van der Waals surface area contributed by atoms with Crippen molar-refractivity contribution < 1.29 is 14.4 Å². The van der Waals surface area contributed by atoms with Gasteiger partial charge in [-0.2, -0.15) is 5.01 Å². The molecule has 3 amide bonds. The van der Waals surface area contributed by atoms with Gasteiger partial charge < -0.3 is 4.90 Å². The molecule has 0 radical (unpaired) electrons. The van der Waals surface area contributed by atoms with Crippen molar-refractivity contribution in [2.24, 2.45) is 0 Å². The predicted octanol–water partition coefficient (Wildman–Crippen LogP) is 2.05. The molecule has 9 heteroatoms. The lowest BCUT2D eigenvalue weighted by Gasteiger charge is -2.13. The fourth-order valence-electron chi connectivity index (χ4n) is 2.39. The molecule has 0 aliphatic carbocycles. The van der Waals surface area contributed by atoms with Crippen LogP contribution < -0.4 is 10.3 Å². The number of nitrogens with zero attached hydrogens (tertiary/aromatic N) is 2. The standard InChI is InChI=1S/C14H10BrN3O3S2/c1-6(19)16-18-13(21)11(23-14(18)22)10-8-5-7(15)3-4-9(8)17(2)12(10)20/h3-5H,1-2H3,(H,16,19)/b11-10-. The highest BCUT2D eigenvalue weighted by Crippen LogP contribution is 2.44. The number of nitrogens with one attached hydrogen (secondary N) is 1. The number of anilines is 1. The summed E-state index contributed by atoms with van der Waals surface area (Å²) in [5.74, 6) is -1.19. The predicted molar refractivity (Wildman–Crippen MR) is 95.3 cm³/mol. The molecule has 0 aromatic heterocycles. The van der Waals surface area contributed by atoms with Crippen molar-refractivity contribution in [1.29, 1.82) is 0 Å². The Morgan fingerprint density at radius 1 is 1.30 bits per heavy atom. The van der Waals surface area contributed by atoms with Crippen LogP contribution >= 0.6 is 39.9 Å². The number of benzene rings is 1. The number of hydrogen-bond acceptors (Lipinski definition) is 5. The van der Waals surface area contributed by atoms with Crippen molar-refractivity contribution >= 4 is 73.2 Å². The lowest BCUT2D eigenvalue weighted by Crippen LogP contribution is -2.43. The van der Waals surface area contributed by atoms with Crippen LogP contribution in [0.1, 0.15) is 12.5 Å². The summed E-state index contributed by atoms with van der Waals surface area (Å²) in [6.45, 7) is 1.28. The third-order valence-corrected chi connectivity index (χ3v) is 5.24. The lowest BCUT2D eigenvalue weighted by molar-refractivity contribution is -0.132. The number of rotatable bonds is 1. The van der Waals surface area contributed by atoms with Gasteiger partial charge in [0, 0.05) is 24.0 Å². The van der Waals surface area contributed by atoms with E-state index in [4.69, 9.17) is 12.2 Å². The van der Waals surface area contributed by atoms with Crippen LogP contribution in [0.5, 0.6) is 0 Å². The van der Waals surface area contributed by atoms with Gasteiger partial charge in [0.2, 0.25) is 5.91 Å². The third-order valence-electron chi connectivity index (χ3n) is 3.37. The average molecular weight is 412 g/mol. The summed E-state index contributed by atoms with van der Waals surface area (Å²) >= 11 is 9.51. The first-order valence-corrected chi connectivity index (χ1v) is 8.48. The lowest BCUT2D eigenvalue weighted by atomic mass is 10.1. The van der Waals surface area contributed by atoms with Crippen LogP contribution in [0.2, 0.25) is 0 Å². The van der Waals surface area contributed by atoms with Crippen LogP contribution in [0.15, 0.2) is 27.6 Å². The maximum Gasteiger partial charge on any atom is 0.286 e.